The molecule has 0 aliphatic carbocycles. The quantitative estimate of drug-likeness (QED) is 0.264. The zero-order chi connectivity index (χ0) is 26.1. The van der Waals surface area contributed by atoms with E-state index in [0.29, 0.717) is 30.3 Å². The molecule has 0 bridgehead atoms. The SMILES string of the molecule is CCOc1ccc(/C=N\NC(=O)CN(c2ccc(Cl)c(Cl)c2)S(=O)(=O)c2ccccc2)cc1OCC. The second-order valence-electron chi connectivity index (χ2n) is 7.29. The number of hydrogen-bond acceptors (Lipinski definition) is 6. The lowest BCUT2D eigenvalue weighted by Gasteiger charge is -2.24. The second kappa shape index (κ2) is 12.6. The predicted molar refractivity (Wildman–Crippen MR) is 142 cm³/mol. The Morgan fingerprint density at radius 3 is 2.31 bits per heavy atom. The number of carbonyl (C=O) groups is 1. The van der Waals surface area contributed by atoms with Crippen LogP contribution in [0.3, 0.4) is 0 Å². The van der Waals surface area contributed by atoms with Crippen LogP contribution in [0, 0.1) is 0 Å². The Labute approximate surface area is 220 Å². The Balaban J connectivity index is 1.81. The Bertz CT molecular complexity index is 1330. The van der Waals surface area contributed by atoms with Crippen molar-refractivity contribution in [2.75, 3.05) is 24.1 Å². The molecule has 0 aliphatic heterocycles. The molecule has 36 heavy (non-hydrogen) atoms. The van der Waals surface area contributed by atoms with E-state index in [-0.39, 0.29) is 20.6 Å². The van der Waals surface area contributed by atoms with Crippen molar-refractivity contribution in [3.63, 3.8) is 0 Å². The lowest BCUT2D eigenvalue weighted by molar-refractivity contribution is -0.119. The van der Waals surface area contributed by atoms with Crippen molar-refractivity contribution in [1.29, 1.82) is 0 Å². The summed E-state index contributed by atoms with van der Waals surface area (Å²) in [7, 11) is -4.09. The fourth-order valence-electron chi connectivity index (χ4n) is 3.17. The maximum atomic E-state index is 13.3. The van der Waals surface area contributed by atoms with Gasteiger partial charge in [0.05, 0.1) is 40.1 Å². The molecule has 3 rings (SSSR count). The third-order valence-electron chi connectivity index (χ3n) is 4.78. The Hall–Kier alpha value is -3.27. The second-order valence-corrected chi connectivity index (χ2v) is 9.97. The van der Waals surface area contributed by atoms with E-state index in [9.17, 15) is 13.2 Å². The molecular weight excluding hydrogens is 525 g/mol. The Morgan fingerprint density at radius 1 is 0.944 bits per heavy atom. The first kappa shape index (κ1) is 27.3. The fourth-order valence-corrected chi connectivity index (χ4v) is 4.89. The summed E-state index contributed by atoms with van der Waals surface area (Å²) in [6, 6.07) is 17.3. The van der Waals surface area contributed by atoms with Gasteiger partial charge in [0.25, 0.3) is 15.9 Å². The summed E-state index contributed by atoms with van der Waals surface area (Å²) in [6.45, 7) is 4.14. The van der Waals surface area contributed by atoms with Gasteiger partial charge in [-0.1, -0.05) is 41.4 Å². The number of hydrogen-bond donors (Lipinski definition) is 1. The standard InChI is InChI=1S/C25H25Cl2N3O5S/c1-3-34-23-13-10-18(14-24(23)35-4-2)16-28-29-25(31)17-30(19-11-12-21(26)22(27)15-19)36(32,33)20-8-6-5-7-9-20/h5-16H,3-4,17H2,1-2H3,(H,29,31)/b28-16-. The van der Waals surface area contributed by atoms with Crippen molar-refractivity contribution in [2.24, 2.45) is 5.10 Å². The molecule has 0 unspecified atom stereocenters. The molecule has 1 N–H and O–H groups in total. The Morgan fingerprint density at radius 2 is 1.64 bits per heavy atom. The van der Waals surface area contributed by atoms with Crippen LogP contribution in [0.4, 0.5) is 5.69 Å². The third kappa shape index (κ3) is 6.90. The first-order chi connectivity index (χ1) is 17.3. The number of hydrazone groups is 1. The maximum absolute atomic E-state index is 13.3. The van der Waals surface area contributed by atoms with E-state index in [2.05, 4.69) is 10.5 Å². The van der Waals surface area contributed by atoms with Crippen LogP contribution >= 0.6 is 23.2 Å². The number of ether oxygens (including phenoxy) is 2. The summed E-state index contributed by atoms with van der Waals surface area (Å²) >= 11 is 12.1. The van der Waals surface area contributed by atoms with Crippen LogP contribution in [0.25, 0.3) is 0 Å². The molecule has 3 aromatic rings. The largest absolute Gasteiger partial charge is 0.490 e. The highest BCUT2D eigenvalue weighted by Crippen LogP contribution is 2.30. The van der Waals surface area contributed by atoms with Crippen molar-refractivity contribution in [3.8, 4) is 11.5 Å². The van der Waals surface area contributed by atoms with Crippen LogP contribution in [-0.4, -0.2) is 40.3 Å². The minimum Gasteiger partial charge on any atom is -0.490 e. The topological polar surface area (TPSA) is 97.3 Å². The van der Waals surface area contributed by atoms with Gasteiger partial charge >= 0.3 is 0 Å². The highest BCUT2D eigenvalue weighted by molar-refractivity contribution is 7.92. The van der Waals surface area contributed by atoms with Crippen LogP contribution < -0.4 is 19.2 Å². The molecule has 0 aromatic heterocycles. The number of nitrogens with zero attached hydrogens (tertiary/aromatic N) is 2. The van der Waals surface area contributed by atoms with E-state index in [1.165, 1.54) is 36.5 Å². The number of rotatable bonds is 11. The molecule has 0 heterocycles. The zero-order valence-electron chi connectivity index (χ0n) is 19.6. The van der Waals surface area contributed by atoms with Crippen molar-refractivity contribution >= 4 is 51.0 Å². The molecule has 0 saturated carbocycles. The normalized spacial score (nSPS) is 11.3. The van der Waals surface area contributed by atoms with Gasteiger partial charge in [0.1, 0.15) is 6.54 Å². The van der Waals surface area contributed by atoms with Crippen LogP contribution in [0.15, 0.2) is 76.7 Å². The number of anilines is 1. The van der Waals surface area contributed by atoms with Crippen LogP contribution in [0.2, 0.25) is 10.0 Å². The number of amides is 1. The van der Waals surface area contributed by atoms with E-state index < -0.39 is 22.5 Å². The molecule has 0 radical (unpaired) electrons. The van der Waals surface area contributed by atoms with E-state index in [0.717, 1.165) is 4.31 Å². The monoisotopic (exact) mass is 549 g/mol. The molecule has 0 aliphatic rings. The number of halogens is 2. The zero-order valence-corrected chi connectivity index (χ0v) is 22.0. The summed E-state index contributed by atoms with van der Waals surface area (Å²) in [6.07, 6.45) is 1.42. The number of sulfonamides is 1. The highest BCUT2D eigenvalue weighted by atomic mass is 35.5. The first-order valence-electron chi connectivity index (χ1n) is 11.0. The van der Waals surface area contributed by atoms with Crippen molar-refractivity contribution in [3.05, 3.63) is 82.3 Å². The molecule has 190 valence electrons. The first-order valence-corrected chi connectivity index (χ1v) is 13.2. The average Bonchev–Trinajstić information content (AvgIpc) is 2.86. The van der Waals surface area contributed by atoms with Gasteiger partial charge < -0.3 is 9.47 Å². The van der Waals surface area contributed by atoms with Crippen molar-refractivity contribution in [2.45, 2.75) is 18.7 Å². The summed E-state index contributed by atoms with van der Waals surface area (Å²) in [4.78, 5) is 12.7. The number of carbonyl (C=O) groups excluding carboxylic acids is 1. The molecule has 0 fully saturated rings. The summed E-state index contributed by atoms with van der Waals surface area (Å²) < 4.78 is 38.8. The van der Waals surface area contributed by atoms with E-state index in [1.54, 1.807) is 36.4 Å². The molecule has 11 heteroatoms. The van der Waals surface area contributed by atoms with Gasteiger partial charge in [-0.25, -0.2) is 13.8 Å². The number of benzene rings is 3. The van der Waals surface area contributed by atoms with Gasteiger partial charge in [-0.3, -0.25) is 9.10 Å². The van der Waals surface area contributed by atoms with E-state index in [4.69, 9.17) is 32.7 Å². The summed E-state index contributed by atoms with van der Waals surface area (Å²) in [5.41, 5.74) is 3.20. The van der Waals surface area contributed by atoms with Gasteiger partial charge in [-0.15, -0.1) is 0 Å². The predicted octanol–water partition coefficient (Wildman–Crippen LogP) is 5.14. The van der Waals surface area contributed by atoms with Gasteiger partial charge in [-0.05, 0) is 67.9 Å². The lowest BCUT2D eigenvalue weighted by Crippen LogP contribution is -2.39. The molecule has 3 aromatic carbocycles. The van der Waals surface area contributed by atoms with Crippen LogP contribution in [0.5, 0.6) is 11.5 Å². The van der Waals surface area contributed by atoms with E-state index in [1.807, 2.05) is 13.8 Å². The average molecular weight is 550 g/mol. The smallest absolute Gasteiger partial charge is 0.264 e. The maximum Gasteiger partial charge on any atom is 0.264 e. The molecule has 0 atom stereocenters. The Kier molecular flexibility index (Phi) is 9.58. The lowest BCUT2D eigenvalue weighted by atomic mass is 10.2. The molecule has 8 nitrogen and oxygen atoms in total. The number of nitrogens with one attached hydrogen (secondary N) is 1. The molecule has 0 saturated heterocycles. The minimum atomic E-state index is -4.09. The molecule has 0 spiro atoms. The summed E-state index contributed by atoms with van der Waals surface area (Å²) in [5.74, 6) is 0.492. The van der Waals surface area contributed by atoms with Gasteiger partial charge in [0.2, 0.25) is 0 Å². The van der Waals surface area contributed by atoms with Crippen LogP contribution in [0.1, 0.15) is 19.4 Å². The van der Waals surface area contributed by atoms with Gasteiger partial charge in [-0.2, -0.15) is 5.10 Å². The van der Waals surface area contributed by atoms with E-state index >= 15 is 0 Å². The molecule has 1 amide bonds. The van der Waals surface area contributed by atoms with Gasteiger partial charge in [0, 0.05) is 0 Å². The highest BCUT2D eigenvalue weighted by Gasteiger charge is 2.27. The fraction of sp³-hybridized carbons (Fsp3) is 0.200. The minimum absolute atomic E-state index is 0.0187. The molecular formula is C25H25Cl2N3O5S. The summed E-state index contributed by atoms with van der Waals surface area (Å²) in [5, 5.41) is 4.37. The van der Waals surface area contributed by atoms with Crippen molar-refractivity contribution in [1.82, 2.24) is 5.43 Å². The third-order valence-corrected chi connectivity index (χ3v) is 7.31. The van der Waals surface area contributed by atoms with Gasteiger partial charge in [0.15, 0.2) is 11.5 Å². The van der Waals surface area contributed by atoms with Crippen molar-refractivity contribution < 1.29 is 22.7 Å². The van der Waals surface area contributed by atoms with Crippen LogP contribution in [-0.2, 0) is 14.8 Å².